The van der Waals surface area contributed by atoms with Crippen LogP contribution in [-0.4, -0.2) is 35.3 Å². The molecule has 6 nitrogen and oxygen atoms in total. The van der Waals surface area contributed by atoms with Gasteiger partial charge in [-0.25, -0.2) is 4.79 Å². The third-order valence-electron chi connectivity index (χ3n) is 3.78. The smallest absolute Gasteiger partial charge is 0.419 e. The van der Waals surface area contributed by atoms with Gasteiger partial charge in [0.05, 0.1) is 17.8 Å². The molecule has 2 amide bonds. The SMILES string of the molecule is Cc1cc(NC(=O)N2CC[C@H](Oc3ccccc3C(F)(F)F)C2)on1. The van der Waals surface area contributed by atoms with E-state index in [9.17, 15) is 18.0 Å². The predicted molar refractivity (Wildman–Crippen MR) is 82.3 cm³/mol. The molecule has 25 heavy (non-hydrogen) atoms. The van der Waals surface area contributed by atoms with E-state index in [-0.39, 0.29) is 18.2 Å². The molecule has 0 bridgehead atoms. The van der Waals surface area contributed by atoms with Crippen molar-refractivity contribution in [3.8, 4) is 5.75 Å². The molecule has 0 saturated carbocycles. The lowest BCUT2D eigenvalue weighted by Gasteiger charge is -2.19. The average Bonchev–Trinajstić information content (AvgIpc) is 3.16. The number of carbonyl (C=O) groups is 1. The number of para-hydroxylation sites is 1. The number of alkyl halides is 3. The maximum Gasteiger partial charge on any atom is 0.419 e. The molecule has 0 radical (unpaired) electrons. The maximum atomic E-state index is 13.0. The Morgan fingerprint density at radius 2 is 2.16 bits per heavy atom. The van der Waals surface area contributed by atoms with Crippen molar-refractivity contribution in [3.05, 3.63) is 41.6 Å². The van der Waals surface area contributed by atoms with Gasteiger partial charge in [-0.15, -0.1) is 0 Å². The van der Waals surface area contributed by atoms with Gasteiger partial charge in [0, 0.05) is 19.0 Å². The molecular formula is C16H16F3N3O3. The van der Waals surface area contributed by atoms with E-state index in [0.29, 0.717) is 18.7 Å². The van der Waals surface area contributed by atoms with Crippen LogP contribution in [0.4, 0.5) is 23.8 Å². The van der Waals surface area contributed by atoms with Gasteiger partial charge in [0.25, 0.3) is 0 Å². The number of hydrogen-bond donors (Lipinski definition) is 1. The summed E-state index contributed by atoms with van der Waals surface area (Å²) in [7, 11) is 0. The Balaban J connectivity index is 1.61. The first-order valence-corrected chi connectivity index (χ1v) is 7.65. The molecular weight excluding hydrogens is 339 g/mol. The van der Waals surface area contributed by atoms with Gasteiger partial charge in [-0.05, 0) is 19.1 Å². The average molecular weight is 355 g/mol. The van der Waals surface area contributed by atoms with E-state index in [0.717, 1.165) is 6.07 Å². The Morgan fingerprint density at radius 3 is 2.84 bits per heavy atom. The van der Waals surface area contributed by atoms with Crippen molar-refractivity contribution in [2.45, 2.75) is 25.6 Å². The molecule has 1 atom stereocenters. The van der Waals surface area contributed by atoms with Crippen molar-refractivity contribution in [2.24, 2.45) is 0 Å². The fourth-order valence-electron chi connectivity index (χ4n) is 2.60. The standard InChI is InChI=1S/C16H16F3N3O3/c1-10-8-14(25-21-10)20-15(23)22-7-6-11(9-22)24-13-5-3-2-4-12(13)16(17,18)19/h2-5,8,11H,6-7,9H2,1H3,(H,20,23)/t11-/m0/s1. The van der Waals surface area contributed by atoms with Gasteiger partial charge in [-0.2, -0.15) is 13.2 Å². The molecule has 3 rings (SSSR count). The number of rotatable bonds is 3. The third-order valence-corrected chi connectivity index (χ3v) is 3.78. The molecule has 2 heterocycles. The maximum absolute atomic E-state index is 13.0. The van der Waals surface area contributed by atoms with Crippen molar-refractivity contribution < 1.29 is 27.2 Å². The second kappa shape index (κ2) is 6.66. The van der Waals surface area contributed by atoms with Gasteiger partial charge in [0.1, 0.15) is 11.9 Å². The quantitative estimate of drug-likeness (QED) is 0.912. The molecule has 0 unspecified atom stereocenters. The van der Waals surface area contributed by atoms with Crippen LogP contribution < -0.4 is 10.1 Å². The summed E-state index contributed by atoms with van der Waals surface area (Å²) >= 11 is 0. The second-order valence-corrected chi connectivity index (χ2v) is 5.73. The lowest BCUT2D eigenvalue weighted by molar-refractivity contribution is -0.139. The van der Waals surface area contributed by atoms with Crippen LogP contribution in [0, 0.1) is 6.92 Å². The minimum atomic E-state index is -4.49. The molecule has 1 aromatic heterocycles. The molecule has 1 aliphatic rings. The van der Waals surface area contributed by atoms with E-state index in [2.05, 4.69) is 10.5 Å². The Labute approximate surface area is 141 Å². The summed E-state index contributed by atoms with van der Waals surface area (Å²) in [5.74, 6) is -0.0117. The molecule has 0 aliphatic carbocycles. The first-order valence-electron chi connectivity index (χ1n) is 7.65. The van der Waals surface area contributed by atoms with Crippen molar-refractivity contribution >= 4 is 11.9 Å². The van der Waals surface area contributed by atoms with E-state index < -0.39 is 23.9 Å². The highest BCUT2D eigenvalue weighted by molar-refractivity contribution is 5.88. The molecule has 2 aromatic rings. The lowest BCUT2D eigenvalue weighted by atomic mass is 10.2. The normalized spacial score (nSPS) is 17.6. The number of ether oxygens (including phenoxy) is 1. The van der Waals surface area contributed by atoms with Crippen LogP contribution in [0.3, 0.4) is 0 Å². The summed E-state index contributed by atoms with van der Waals surface area (Å²) < 4.78 is 49.4. The topological polar surface area (TPSA) is 67.6 Å². The summed E-state index contributed by atoms with van der Waals surface area (Å²) in [5, 5.41) is 6.21. The Bertz CT molecular complexity index is 760. The minimum Gasteiger partial charge on any atom is -0.488 e. The van der Waals surface area contributed by atoms with Crippen LogP contribution in [-0.2, 0) is 6.18 Å². The van der Waals surface area contributed by atoms with Crippen LogP contribution in [0.15, 0.2) is 34.9 Å². The number of aromatic nitrogens is 1. The number of halogens is 3. The molecule has 9 heteroatoms. The van der Waals surface area contributed by atoms with Crippen LogP contribution >= 0.6 is 0 Å². The highest BCUT2D eigenvalue weighted by Crippen LogP contribution is 2.36. The zero-order valence-corrected chi connectivity index (χ0v) is 13.3. The number of aryl methyl sites for hydroxylation is 1. The number of urea groups is 1. The fraction of sp³-hybridized carbons (Fsp3) is 0.375. The summed E-state index contributed by atoms with van der Waals surface area (Å²) in [5.41, 5.74) is -0.197. The van der Waals surface area contributed by atoms with E-state index in [4.69, 9.17) is 9.26 Å². The number of anilines is 1. The van der Waals surface area contributed by atoms with Gasteiger partial charge in [0.2, 0.25) is 5.88 Å². The van der Waals surface area contributed by atoms with Crippen LogP contribution in [0.2, 0.25) is 0 Å². The van der Waals surface area contributed by atoms with E-state index in [1.807, 2.05) is 0 Å². The van der Waals surface area contributed by atoms with E-state index in [1.54, 1.807) is 13.0 Å². The van der Waals surface area contributed by atoms with Crippen molar-refractivity contribution in [2.75, 3.05) is 18.4 Å². The highest BCUT2D eigenvalue weighted by atomic mass is 19.4. The van der Waals surface area contributed by atoms with E-state index >= 15 is 0 Å². The second-order valence-electron chi connectivity index (χ2n) is 5.73. The summed E-state index contributed by atoms with van der Waals surface area (Å²) in [4.78, 5) is 13.6. The van der Waals surface area contributed by atoms with Crippen LogP contribution in [0.25, 0.3) is 0 Å². The summed E-state index contributed by atoms with van der Waals surface area (Å²) in [6.45, 7) is 2.28. The van der Waals surface area contributed by atoms with E-state index in [1.165, 1.54) is 23.1 Å². The van der Waals surface area contributed by atoms with Crippen LogP contribution in [0.1, 0.15) is 17.7 Å². The summed E-state index contributed by atoms with van der Waals surface area (Å²) in [6.07, 6.45) is -4.56. The monoisotopic (exact) mass is 355 g/mol. The number of hydrogen-bond acceptors (Lipinski definition) is 4. The first kappa shape index (κ1) is 17.1. The first-order chi connectivity index (χ1) is 11.8. The Kier molecular flexibility index (Phi) is 4.56. The number of benzene rings is 1. The number of nitrogens with one attached hydrogen (secondary N) is 1. The van der Waals surface area contributed by atoms with Crippen LogP contribution in [0.5, 0.6) is 5.75 Å². The van der Waals surface area contributed by atoms with Crippen molar-refractivity contribution in [1.82, 2.24) is 10.1 Å². The largest absolute Gasteiger partial charge is 0.488 e. The molecule has 134 valence electrons. The molecule has 1 aliphatic heterocycles. The number of amides is 2. The molecule has 1 saturated heterocycles. The zero-order chi connectivity index (χ0) is 18.0. The fourth-order valence-corrected chi connectivity index (χ4v) is 2.60. The minimum absolute atomic E-state index is 0.186. The lowest BCUT2D eigenvalue weighted by Crippen LogP contribution is -2.34. The van der Waals surface area contributed by atoms with Gasteiger partial charge >= 0.3 is 12.2 Å². The van der Waals surface area contributed by atoms with Gasteiger partial charge < -0.3 is 14.2 Å². The van der Waals surface area contributed by atoms with Gasteiger partial charge in [-0.3, -0.25) is 5.32 Å². The predicted octanol–water partition coefficient (Wildman–Crippen LogP) is 3.69. The van der Waals surface area contributed by atoms with Gasteiger partial charge in [0.15, 0.2) is 0 Å². The van der Waals surface area contributed by atoms with Crippen molar-refractivity contribution in [3.63, 3.8) is 0 Å². The molecule has 1 N–H and O–H groups in total. The number of likely N-dealkylation sites (tertiary alicyclic amines) is 1. The number of nitrogens with zero attached hydrogens (tertiary/aromatic N) is 2. The summed E-state index contributed by atoms with van der Waals surface area (Å²) in [6, 6.07) is 6.21. The Morgan fingerprint density at radius 1 is 1.40 bits per heavy atom. The van der Waals surface area contributed by atoms with Crippen molar-refractivity contribution in [1.29, 1.82) is 0 Å². The highest BCUT2D eigenvalue weighted by Gasteiger charge is 2.36. The Hall–Kier alpha value is -2.71. The molecule has 1 fully saturated rings. The molecule has 1 aromatic carbocycles. The zero-order valence-electron chi connectivity index (χ0n) is 13.3. The number of carbonyl (C=O) groups excluding carboxylic acids is 1. The van der Waals surface area contributed by atoms with Gasteiger partial charge in [-0.1, -0.05) is 17.3 Å². The molecule has 0 spiro atoms. The third kappa shape index (κ3) is 4.04.